The molecular formula is C14H11BrFN3. The van der Waals surface area contributed by atoms with Gasteiger partial charge in [-0.25, -0.2) is 9.37 Å². The number of benzene rings is 1. The van der Waals surface area contributed by atoms with E-state index in [9.17, 15) is 4.39 Å². The maximum absolute atomic E-state index is 13.3. The molecular weight excluding hydrogens is 309 g/mol. The average Bonchev–Trinajstić information content (AvgIpc) is 2.77. The van der Waals surface area contributed by atoms with Gasteiger partial charge in [-0.3, -0.25) is 4.40 Å². The van der Waals surface area contributed by atoms with Gasteiger partial charge in [-0.05, 0) is 24.3 Å². The number of aromatic nitrogens is 2. The highest BCUT2D eigenvalue weighted by Crippen LogP contribution is 2.25. The van der Waals surface area contributed by atoms with Crippen molar-refractivity contribution in [2.75, 3.05) is 0 Å². The number of fused-ring (bicyclic) bond motifs is 1. The maximum Gasteiger partial charge on any atom is 0.139 e. The van der Waals surface area contributed by atoms with Crippen molar-refractivity contribution in [2.45, 2.75) is 6.54 Å². The van der Waals surface area contributed by atoms with Gasteiger partial charge in [0.25, 0.3) is 0 Å². The Bertz CT molecular complexity index is 734. The van der Waals surface area contributed by atoms with Crippen LogP contribution >= 0.6 is 15.9 Å². The van der Waals surface area contributed by atoms with Crippen molar-refractivity contribution in [3.63, 3.8) is 0 Å². The Morgan fingerprint density at radius 3 is 2.58 bits per heavy atom. The maximum atomic E-state index is 13.3. The first-order chi connectivity index (χ1) is 9.19. The Kier molecular flexibility index (Phi) is 3.08. The van der Waals surface area contributed by atoms with E-state index in [2.05, 4.69) is 20.9 Å². The summed E-state index contributed by atoms with van der Waals surface area (Å²) in [5.74, 6) is -0.304. The first-order valence-corrected chi connectivity index (χ1v) is 6.61. The summed E-state index contributed by atoms with van der Waals surface area (Å²) in [7, 11) is 0. The van der Waals surface area contributed by atoms with Gasteiger partial charge in [0.1, 0.15) is 11.5 Å². The SMILES string of the molecule is NCc1c(-c2ccc(Br)cc2)nc2ccc(F)cn12. The summed E-state index contributed by atoms with van der Waals surface area (Å²) >= 11 is 3.40. The van der Waals surface area contributed by atoms with Gasteiger partial charge < -0.3 is 5.73 Å². The summed E-state index contributed by atoms with van der Waals surface area (Å²) in [6, 6.07) is 10.9. The van der Waals surface area contributed by atoms with Crippen LogP contribution in [0.15, 0.2) is 47.1 Å². The topological polar surface area (TPSA) is 43.3 Å². The molecule has 0 saturated heterocycles. The molecule has 0 aliphatic rings. The molecule has 3 rings (SSSR count). The normalized spacial score (nSPS) is 11.1. The number of hydrogen-bond acceptors (Lipinski definition) is 2. The van der Waals surface area contributed by atoms with Crippen LogP contribution in [0.3, 0.4) is 0 Å². The van der Waals surface area contributed by atoms with Gasteiger partial charge in [0.15, 0.2) is 0 Å². The van der Waals surface area contributed by atoms with E-state index in [1.165, 1.54) is 12.3 Å². The third-order valence-electron chi connectivity index (χ3n) is 2.99. The highest BCUT2D eigenvalue weighted by molar-refractivity contribution is 9.10. The summed E-state index contributed by atoms with van der Waals surface area (Å²) in [6.45, 7) is 0.302. The van der Waals surface area contributed by atoms with Crippen LogP contribution in [-0.4, -0.2) is 9.38 Å². The van der Waals surface area contributed by atoms with E-state index in [1.54, 1.807) is 10.5 Å². The number of hydrogen-bond donors (Lipinski definition) is 1. The van der Waals surface area contributed by atoms with Crippen LogP contribution in [0.1, 0.15) is 5.69 Å². The number of pyridine rings is 1. The minimum absolute atomic E-state index is 0.302. The number of imidazole rings is 1. The predicted molar refractivity (Wildman–Crippen MR) is 76.2 cm³/mol. The van der Waals surface area contributed by atoms with Crippen LogP contribution in [0.2, 0.25) is 0 Å². The fourth-order valence-electron chi connectivity index (χ4n) is 2.10. The Labute approximate surface area is 118 Å². The Morgan fingerprint density at radius 1 is 1.16 bits per heavy atom. The van der Waals surface area contributed by atoms with Gasteiger partial charge >= 0.3 is 0 Å². The molecule has 3 nitrogen and oxygen atoms in total. The second-order valence-electron chi connectivity index (χ2n) is 4.19. The van der Waals surface area contributed by atoms with E-state index in [4.69, 9.17) is 5.73 Å². The molecule has 3 aromatic rings. The first-order valence-electron chi connectivity index (χ1n) is 5.81. The van der Waals surface area contributed by atoms with Crippen LogP contribution in [0.5, 0.6) is 0 Å². The third-order valence-corrected chi connectivity index (χ3v) is 3.52. The molecule has 2 N–H and O–H groups in total. The molecule has 96 valence electrons. The number of rotatable bonds is 2. The van der Waals surface area contributed by atoms with E-state index in [0.717, 1.165) is 21.4 Å². The quantitative estimate of drug-likeness (QED) is 0.787. The standard InChI is InChI=1S/C14H11BrFN3/c15-10-3-1-9(2-4-10)14-12(7-17)19-8-11(16)5-6-13(19)18-14/h1-6,8H,7,17H2. The molecule has 0 unspecified atom stereocenters. The second kappa shape index (κ2) is 4.75. The van der Waals surface area contributed by atoms with Gasteiger partial charge in [0, 0.05) is 22.8 Å². The van der Waals surface area contributed by atoms with E-state index in [0.29, 0.717) is 12.2 Å². The van der Waals surface area contributed by atoms with Crippen molar-refractivity contribution >= 4 is 21.6 Å². The largest absolute Gasteiger partial charge is 0.325 e. The van der Waals surface area contributed by atoms with Crippen molar-refractivity contribution in [3.8, 4) is 11.3 Å². The second-order valence-corrected chi connectivity index (χ2v) is 5.11. The summed E-state index contributed by atoms with van der Waals surface area (Å²) in [5, 5.41) is 0. The predicted octanol–water partition coefficient (Wildman–Crippen LogP) is 3.36. The Hall–Kier alpha value is -1.72. The molecule has 0 saturated carbocycles. The number of nitrogens with zero attached hydrogens (tertiary/aromatic N) is 2. The van der Waals surface area contributed by atoms with E-state index >= 15 is 0 Å². The van der Waals surface area contributed by atoms with Gasteiger partial charge in [-0.15, -0.1) is 0 Å². The average molecular weight is 320 g/mol. The number of halogens is 2. The monoisotopic (exact) mass is 319 g/mol. The van der Waals surface area contributed by atoms with E-state index < -0.39 is 0 Å². The zero-order chi connectivity index (χ0) is 13.4. The molecule has 0 fully saturated rings. The Morgan fingerprint density at radius 2 is 1.89 bits per heavy atom. The minimum atomic E-state index is -0.304. The zero-order valence-electron chi connectivity index (χ0n) is 9.98. The minimum Gasteiger partial charge on any atom is -0.325 e. The zero-order valence-corrected chi connectivity index (χ0v) is 11.6. The van der Waals surface area contributed by atoms with Crippen molar-refractivity contribution < 1.29 is 4.39 Å². The van der Waals surface area contributed by atoms with Crippen molar-refractivity contribution in [1.29, 1.82) is 0 Å². The van der Waals surface area contributed by atoms with Crippen molar-refractivity contribution in [2.24, 2.45) is 5.73 Å². The van der Waals surface area contributed by atoms with Gasteiger partial charge in [-0.1, -0.05) is 28.1 Å². The third kappa shape index (κ3) is 2.15. The van der Waals surface area contributed by atoms with Crippen LogP contribution < -0.4 is 5.73 Å². The molecule has 0 aliphatic heterocycles. The summed E-state index contributed by atoms with van der Waals surface area (Å²) < 4.78 is 16.0. The highest BCUT2D eigenvalue weighted by Gasteiger charge is 2.13. The van der Waals surface area contributed by atoms with Crippen molar-refractivity contribution in [3.05, 3.63) is 58.6 Å². The van der Waals surface area contributed by atoms with Crippen LogP contribution in [-0.2, 0) is 6.54 Å². The Balaban J connectivity index is 2.25. The van der Waals surface area contributed by atoms with E-state index in [1.807, 2.05) is 24.3 Å². The molecule has 0 amide bonds. The molecule has 1 aromatic carbocycles. The summed E-state index contributed by atoms with van der Waals surface area (Å²) in [5.41, 5.74) is 9.04. The highest BCUT2D eigenvalue weighted by atomic mass is 79.9. The first kappa shape index (κ1) is 12.3. The van der Waals surface area contributed by atoms with E-state index in [-0.39, 0.29) is 5.82 Å². The molecule has 2 heterocycles. The van der Waals surface area contributed by atoms with Gasteiger partial charge in [0.2, 0.25) is 0 Å². The molecule has 0 spiro atoms. The molecule has 19 heavy (non-hydrogen) atoms. The summed E-state index contributed by atoms with van der Waals surface area (Å²) in [6.07, 6.45) is 1.41. The van der Waals surface area contributed by atoms with Crippen LogP contribution in [0.4, 0.5) is 4.39 Å². The van der Waals surface area contributed by atoms with Gasteiger partial charge in [-0.2, -0.15) is 0 Å². The molecule has 0 bridgehead atoms. The lowest BCUT2D eigenvalue weighted by molar-refractivity contribution is 0.618. The lowest BCUT2D eigenvalue weighted by Crippen LogP contribution is -2.02. The van der Waals surface area contributed by atoms with Gasteiger partial charge in [0.05, 0.1) is 11.4 Å². The molecule has 5 heteroatoms. The molecule has 2 aromatic heterocycles. The molecule has 0 aliphatic carbocycles. The fraction of sp³-hybridized carbons (Fsp3) is 0.0714. The molecule has 0 atom stereocenters. The van der Waals surface area contributed by atoms with Crippen LogP contribution in [0.25, 0.3) is 16.9 Å². The lowest BCUT2D eigenvalue weighted by atomic mass is 10.1. The van der Waals surface area contributed by atoms with Crippen molar-refractivity contribution in [1.82, 2.24) is 9.38 Å². The lowest BCUT2D eigenvalue weighted by Gasteiger charge is -2.02. The molecule has 0 radical (unpaired) electrons. The fourth-order valence-corrected chi connectivity index (χ4v) is 2.37. The summed E-state index contributed by atoms with van der Waals surface area (Å²) in [4.78, 5) is 4.53. The van der Waals surface area contributed by atoms with Crippen LogP contribution in [0, 0.1) is 5.82 Å². The smallest absolute Gasteiger partial charge is 0.139 e. The number of nitrogens with two attached hydrogens (primary N) is 1.